The maximum atomic E-state index is 4.69. The van der Waals surface area contributed by atoms with Crippen molar-refractivity contribution in [2.45, 2.75) is 13.0 Å². The van der Waals surface area contributed by atoms with Gasteiger partial charge in [0.2, 0.25) is 5.95 Å². The van der Waals surface area contributed by atoms with E-state index in [1.54, 1.807) is 0 Å². The second-order valence-electron chi connectivity index (χ2n) is 6.84. The maximum Gasteiger partial charge on any atom is 0.223 e. The first kappa shape index (κ1) is 18.9. The van der Waals surface area contributed by atoms with Gasteiger partial charge < -0.3 is 10.3 Å². The number of aromatic amines is 1. The summed E-state index contributed by atoms with van der Waals surface area (Å²) in [5, 5.41) is 5.50. The Kier molecular flexibility index (Phi) is 5.14. The Morgan fingerprint density at radius 2 is 1.83 bits per heavy atom. The van der Waals surface area contributed by atoms with Crippen LogP contribution in [0.5, 0.6) is 0 Å². The minimum atomic E-state index is 0. The summed E-state index contributed by atoms with van der Waals surface area (Å²) in [5.74, 6) is 0.633. The van der Waals surface area contributed by atoms with Gasteiger partial charge in [-0.1, -0.05) is 36.4 Å². The number of nitrogens with one attached hydrogen (secondary N) is 2. The predicted octanol–water partition coefficient (Wildman–Crippen LogP) is 5.77. The largest absolute Gasteiger partial charge is 0.348 e. The molecule has 5 rings (SSSR count). The molecular weight excluding hydrogens is 382 g/mol. The first-order chi connectivity index (χ1) is 13.8. The van der Waals surface area contributed by atoms with Crippen LogP contribution in [0.4, 0.5) is 5.95 Å². The second-order valence-corrected chi connectivity index (χ2v) is 6.84. The average Bonchev–Trinajstić information content (AvgIpc) is 3.23. The number of fused-ring (bicyclic) bond motifs is 2. The lowest BCUT2D eigenvalue weighted by atomic mass is 10.0. The minimum absolute atomic E-state index is 0. The Bertz CT molecular complexity index is 1270. The van der Waals surface area contributed by atoms with Crippen LogP contribution in [0.15, 0.2) is 79.3 Å². The molecule has 29 heavy (non-hydrogen) atoms. The highest BCUT2D eigenvalue weighted by atomic mass is 35.5. The van der Waals surface area contributed by atoms with Gasteiger partial charge in [0.1, 0.15) is 5.65 Å². The number of rotatable bonds is 4. The standard InChI is InChI=1S/C23H19N5.ClH/c1-15(16-5-3-2-4-6-16)27-23-26-14-18-13-17(7-8-21(18)28-23)19-9-11-24-22-20(19)10-12-25-22;/h2-15H,1H3,(H,24,25)(H,26,27,28);1H/t15-;/m1./s1. The molecule has 144 valence electrons. The second kappa shape index (κ2) is 7.89. The van der Waals surface area contributed by atoms with Crippen molar-refractivity contribution < 1.29 is 0 Å². The van der Waals surface area contributed by atoms with Crippen LogP contribution in [-0.2, 0) is 0 Å². The van der Waals surface area contributed by atoms with Gasteiger partial charge in [0.15, 0.2) is 0 Å². The molecule has 0 radical (unpaired) electrons. The molecule has 0 saturated carbocycles. The minimum Gasteiger partial charge on any atom is -0.348 e. The molecule has 0 saturated heterocycles. The van der Waals surface area contributed by atoms with E-state index in [0.29, 0.717) is 5.95 Å². The lowest BCUT2D eigenvalue weighted by Gasteiger charge is -2.14. The molecule has 2 N–H and O–H groups in total. The van der Waals surface area contributed by atoms with E-state index in [9.17, 15) is 0 Å². The zero-order chi connectivity index (χ0) is 18.9. The maximum absolute atomic E-state index is 4.69. The molecule has 3 aromatic heterocycles. The molecule has 0 fully saturated rings. The zero-order valence-electron chi connectivity index (χ0n) is 15.8. The summed E-state index contributed by atoms with van der Waals surface area (Å²) in [6, 6.07) is 20.8. The van der Waals surface area contributed by atoms with Gasteiger partial charge in [-0.15, -0.1) is 12.4 Å². The predicted molar refractivity (Wildman–Crippen MR) is 120 cm³/mol. The number of benzene rings is 2. The first-order valence-electron chi connectivity index (χ1n) is 9.29. The molecule has 0 aliphatic carbocycles. The molecule has 0 bridgehead atoms. The fourth-order valence-electron chi connectivity index (χ4n) is 3.50. The number of H-pyrrole nitrogens is 1. The molecule has 1 atom stereocenters. The van der Waals surface area contributed by atoms with E-state index in [-0.39, 0.29) is 18.4 Å². The molecule has 0 spiro atoms. The molecule has 0 aliphatic rings. The van der Waals surface area contributed by atoms with Crippen molar-refractivity contribution in [1.82, 2.24) is 19.9 Å². The summed E-state index contributed by atoms with van der Waals surface area (Å²) in [7, 11) is 0. The SMILES string of the molecule is C[C@@H](Nc1ncc2cc(-c3ccnc4[nH]ccc34)ccc2n1)c1ccccc1.Cl. The van der Waals surface area contributed by atoms with Crippen LogP contribution >= 0.6 is 12.4 Å². The van der Waals surface area contributed by atoms with Gasteiger partial charge in [-0.2, -0.15) is 0 Å². The average molecular weight is 402 g/mol. The van der Waals surface area contributed by atoms with Gasteiger partial charge in [0.25, 0.3) is 0 Å². The Hall–Kier alpha value is -3.44. The smallest absolute Gasteiger partial charge is 0.223 e. The van der Waals surface area contributed by atoms with Crippen LogP contribution in [0, 0.1) is 0 Å². The summed E-state index contributed by atoms with van der Waals surface area (Å²) in [6.07, 6.45) is 5.62. The topological polar surface area (TPSA) is 66.5 Å². The van der Waals surface area contributed by atoms with Crippen LogP contribution in [0.3, 0.4) is 0 Å². The number of anilines is 1. The van der Waals surface area contributed by atoms with Crippen molar-refractivity contribution in [2.24, 2.45) is 0 Å². The lowest BCUT2D eigenvalue weighted by molar-refractivity contribution is 0.864. The highest BCUT2D eigenvalue weighted by Crippen LogP contribution is 2.29. The van der Waals surface area contributed by atoms with E-state index in [1.807, 2.05) is 48.9 Å². The fourth-order valence-corrected chi connectivity index (χ4v) is 3.50. The molecule has 0 amide bonds. The van der Waals surface area contributed by atoms with E-state index >= 15 is 0 Å². The van der Waals surface area contributed by atoms with E-state index in [0.717, 1.165) is 33.1 Å². The Labute approximate surface area is 174 Å². The van der Waals surface area contributed by atoms with Gasteiger partial charge in [-0.3, -0.25) is 0 Å². The number of hydrogen-bond acceptors (Lipinski definition) is 4. The monoisotopic (exact) mass is 401 g/mol. The van der Waals surface area contributed by atoms with Crippen molar-refractivity contribution in [2.75, 3.05) is 5.32 Å². The van der Waals surface area contributed by atoms with Crippen molar-refractivity contribution in [3.05, 3.63) is 84.8 Å². The van der Waals surface area contributed by atoms with Crippen LogP contribution in [0.1, 0.15) is 18.5 Å². The highest BCUT2D eigenvalue weighted by molar-refractivity contribution is 5.95. The molecule has 0 unspecified atom stereocenters. The Balaban J connectivity index is 0.00000205. The van der Waals surface area contributed by atoms with E-state index < -0.39 is 0 Å². The van der Waals surface area contributed by atoms with E-state index in [1.165, 1.54) is 5.56 Å². The van der Waals surface area contributed by atoms with Gasteiger partial charge in [-0.25, -0.2) is 15.0 Å². The van der Waals surface area contributed by atoms with Crippen molar-refractivity contribution in [3.8, 4) is 11.1 Å². The number of nitrogens with zero attached hydrogens (tertiary/aromatic N) is 3. The molecule has 0 aliphatic heterocycles. The Morgan fingerprint density at radius 3 is 2.69 bits per heavy atom. The lowest BCUT2D eigenvalue weighted by Crippen LogP contribution is -2.09. The summed E-state index contributed by atoms with van der Waals surface area (Å²) < 4.78 is 0. The summed E-state index contributed by atoms with van der Waals surface area (Å²) in [5.41, 5.74) is 5.29. The third-order valence-corrected chi connectivity index (χ3v) is 5.00. The van der Waals surface area contributed by atoms with Gasteiger partial charge in [-0.05, 0) is 47.9 Å². The van der Waals surface area contributed by atoms with Crippen molar-refractivity contribution in [3.63, 3.8) is 0 Å². The summed E-state index contributed by atoms with van der Waals surface area (Å²) >= 11 is 0. The number of pyridine rings is 1. The number of aromatic nitrogens is 4. The van der Waals surface area contributed by atoms with Crippen molar-refractivity contribution >= 4 is 40.3 Å². The van der Waals surface area contributed by atoms with Gasteiger partial charge in [0.05, 0.1) is 11.6 Å². The molecule has 6 heteroatoms. The van der Waals surface area contributed by atoms with Crippen LogP contribution in [0.2, 0.25) is 0 Å². The van der Waals surface area contributed by atoms with E-state index in [2.05, 4.69) is 62.5 Å². The molecule has 5 nitrogen and oxygen atoms in total. The molecule has 3 heterocycles. The third kappa shape index (κ3) is 3.65. The molecule has 5 aromatic rings. The third-order valence-electron chi connectivity index (χ3n) is 5.00. The first-order valence-corrected chi connectivity index (χ1v) is 9.29. The van der Waals surface area contributed by atoms with Crippen LogP contribution < -0.4 is 5.32 Å². The van der Waals surface area contributed by atoms with Crippen molar-refractivity contribution in [1.29, 1.82) is 0 Å². The number of hydrogen-bond donors (Lipinski definition) is 2. The van der Waals surface area contributed by atoms with Gasteiger partial charge >= 0.3 is 0 Å². The van der Waals surface area contributed by atoms with Gasteiger partial charge in [0, 0.05) is 29.4 Å². The fraction of sp³-hybridized carbons (Fsp3) is 0.0870. The normalized spacial score (nSPS) is 11.9. The van der Waals surface area contributed by atoms with Crippen LogP contribution in [-0.4, -0.2) is 19.9 Å². The molecule has 2 aromatic carbocycles. The Morgan fingerprint density at radius 1 is 0.966 bits per heavy atom. The zero-order valence-corrected chi connectivity index (χ0v) is 16.6. The molecular formula is C23H20ClN5. The quantitative estimate of drug-likeness (QED) is 0.401. The summed E-state index contributed by atoms with van der Waals surface area (Å²) in [6.45, 7) is 2.11. The van der Waals surface area contributed by atoms with E-state index in [4.69, 9.17) is 0 Å². The summed E-state index contributed by atoms with van der Waals surface area (Å²) in [4.78, 5) is 16.7. The highest BCUT2D eigenvalue weighted by Gasteiger charge is 2.09. The van der Waals surface area contributed by atoms with Crippen LogP contribution in [0.25, 0.3) is 33.1 Å². The number of halogens is 1.